The van der Waals surface area contributed by atoms with Crippen LogP contribution in [-0.2, 0) is 4.74 Å². The smallest absolute Gasteiger partial charge is 0.192 e. The standard InChI is InChI=1S/C29H35ClN2O4/c1-16-31-20-7-5-17(13-22(20)35-16)18-6-8-23-26(18,2)9-11-28(30)14-19-24(33)25(34)21(32(3)4)15-27(19)10-12-29(23,28)36-27/h5-7,13-14,21,23-25,33-34H,8-12,15H2,1-4H3. The molecule has 3 aliphatic carbocycles. The summed E-state index contributed by atoms with van der Waals surface area (Å²) < 4.78 is 13.1. The number of fused-ring (bicyclic) bond motifs is 2. The number of aromatic nitrogens is 1. The Morgan fingerprint density at radius 1 is 1.14 bits per heavy atom. The average molecular weight is 511 g/mol. The Bertz CT molecular complexity index is 1330. The number of halogens is 1. The van der Waals surface area contributed by atoms with Gasteiger partial charge in [0.15, 0.2) is 11.5 Å². The molecule has 0 amide bonds. The fourth-order valence-corrected chi connectivity index (χ4v) is 9.11. The third-order valence-electron chi connectivity index (χ3n) is 10.4. The quantitative estimate of drug-likeness (QED) is 0.454. The van der Waals surface area contributed by atoms with Crippen molar-refractivity contribution in [3.8, 4) is 0 Å². The van der Waals surface area contributed by atoms with Gasteiger partial charge in [0.1, 0.15) is 11.6 Å². The Hall–Kier alpha value is -1.70. The number of allylic oxidation sites excluding steroid dienone is 2. The van der Waals surface area contributed by atoms with Gasteiger partial charge in [0.05, 0.1) is 22.2 Å². The number of ether oxygens (including phenoxy) is 1. The van der Waals surface area contributed by atoms with Gasteiger partial charge in [0.2, 0.25) is 0 Å². The number of aryl methyl sites for hydroxylation is 1. The summed E-state index contributed by atoms with van der Waals surface area (Å²) in [6.07, 6.45) is 7.67. The second-order valence-electron chi connectivity index (χ2n) is 12.4. The molecule has 1 saturated heterocycles. The largest absolute Gasteiger partial charge is 0.441 e. The maximum Gasteiger partial charge on any atom is 0.192 e. The molecule has 7 rings (SSSR count). The van der Waals surface area contributed by atoms with E-state index in [1.807, 2.05) is 25.9 Å². The molecule has 2 spiro atoms. The van der Waals surface area contributed by atoms with Crippen molar-refractivity contribution < 1.29 is 19.4 Å². The van der Waals surface area contributed by atoms with E-state index in [9.17, 15) is 10.2 Å². The van der Waals surface area contributed by atoms with Gasteiger partial charge >= 0.3 is 0 Å². The molecule has 7 heteroatoms. The number of nitrogens with zero attached hydrogens (tertiary/aromatic N) is 2. The Balaban J connectivity index is 1.30. The van der Waals surface area contributed by atoms with Gasteiger partial charge in [-0.1, -0.05) is 25.1 Å². The lowest BCUT2D eigenvalue weighted by atomic mass is 9.54. The van der Waals surface area contributed by atoms with Gasteiger partial charge in [0.25, 0.3) is 0 Å². The molecule has 2 saturated carbocycles. The molecule has 2 aliphatic heterocycles. The van der Waals surface area contributed by atoms with E-state index in [0.717, 1.165) is 48.8 Å². The minimum atomic E-state index is -0.958. The van der Waals surface area contributed by atoms with E-state index in [-0.39, 0.29) is 17.4 Å². The first-order valence-electron chi connectivity index (χ1n) is 13.3. The van der Waals surface area contributed by atoms with Crippen molar-refractivity contribution in [1.29, 1.82) is 0 Å². The lowest BCUT2D eigenvalue weighted by Gasteiger charge is -2.61. The van der Waals surface area contributed by atoms with Crippen LogP contribution < -0.4 is 0 Å². The lowest BCUT2D eigenvalue weighted by molar-refractivity contribution is -0.199. The molecule has 8 atom stereocenters. The van der Waals surface area contributed by atoms with Crippen LogP contribution in [0, 0.1) is 18.3 Å². The summed E-state index contributed by atoms with van der Waals surface area (Å²) in [7, 11) is 3.92. The van der Waals surface area contributed by atoms with Crippen molar-refractivity contribution in [2.45, 2.75) is 86.7 Å². The Kier molecular flexibility index (Phi) is 4.71. The fourth-order valence-electron chi connectivity index (χ4n) is 8.64. The molecule has 36 heavy (non-hydrogen) atoms. The van der Waals surface area contributed by atoms with E-state index >= 15 is 0 Å². The number of oxazole rings is 1. The Morgan fingerprint density at radius 2 is 1.94 bits per heavy atom. The summed E-state index contributed by atoms with van der Waals surface area (Å²) in [5, 5.41) is 22.1. The number of hydrogen-bond acceptors (Lipinski definition) is 6. The van der Waals surface area contributed by atoms with Crippen LogP contribution in [0.15, 0.2) is 40.3 Å². The molecule has 2 N–H and O–H groups in total. The van der Waals surface area contributed by atoms with Crippen LogP contribution in [0.1, 0.15) is 56.9 Å². The zero-order chi connectivity index (χ0) is 25.3. The predicted molar refractivity (Wildman–Crippen MR) is 139 cm³/mol. The van der Waals surface area contributed by atoms with Crippen LogP contribution in [0.5, 0.6) is 0 Å². The Labute approximate surface area is 217 Å². The monoisotopic (exact) mass is 510 g/mol. The molecule has 3 heterocycles. The topological polar surface area (TPSA) is 79.0 Å². The number of benzene rings is 1. The van der Waals surface area contributed by atoms with E-state index in [1.54, 1.807) is 0 Å². The Morgan fingerprint density at radius 3 is 2.72 bits per heavy atom. The second-order valence-corrected chi connectivity index (χ2v) is 13.0. The number of aliphatic hydroxyl groups excluding tert-OH is 2. The van der Waals surface area contributed by atoms with Crippen LogP contribution >= 0.6 is 11.6 Å². The van der Waals surface area contributed by atoms with Crippen molar-refractivity contribution in [3.63, 3.8) is 0 Å². The van der Waals surface area contributed by atoms with Gasteiger partial charge < -0.3 is 24.3 Å². The van der Waals surface area contributed by atoms with Gasteiger partial charge in [-0.3, -0.25) is 0 Å². The van der Waals surface area contributed by atoms with Crippen molar-refractivity contribution in [2.75, 3.05) is 14.1 Å². The molecule has 192 valence electrons. The van der Waals surface area contributed by atoms with Gasteiger partial charge in [-0.2, -0.15) is 0 Å². The average Bonchev–Trinajstić information content (AvgIpc) is 3.49. The first-order chi connectivity index (χ1) is 17.0. The first-order valence-corrected chi connectivity index (χ1v) is 13.6. The second kappa shape index (κ2) is 7.23. The molecule has 2 aromatic rings. The summed E-state index contributed by atoms with van der Waals surface area (Å²) in [5.41, 5.74) is 3.90. The highest BCUT2D eigenvalue weighted by Crippen LogP contribution is 2.71. The molecular weight excluding hydrogens is 476 g/mol. The van der Waals surface area contributed by atoms with Crippen LogP contribution in [0.3, 0.4) is 0 Å². The van der Waals surface area contributed by atoms with Gasteiger partial charge in [-0.25, -0.2) is 4.98 Å². The summed E-state index contributed by atoms with van der Waals surface area (Å²) in [5.74, 6) is 0.915. The number of aliphatic hydroxyl groups is 2. The van der Waals surface area contributed by atoms with E-state index in [2.05, 4.69) is 42.3 Å². The minimum Gasteiger partial charge on any atom is -0.441 e. The summed E-state index contributed by atoms with van der Waals surface area (Å²) in [6.45, 7) is 4.26. The van der Waals surface area contributed by atoms with Crippen LogP contribution in [0.4, 0.5) is 0 Å². The predicted octanol–water partition coefficient (Wildman–Crippen LogP) is 4.60. The molecule has 2 bridgehead atoms. The van der Waals surface area contributed by atoms with Gasteiger partial charge in [-0.15, -0.1) is 11.6 Å². The highest BCUT2D eigenvalue weighted by molar-refractivity contribution is 6.26. The highest BCUT2D eigenvalue weighted by atomic mass is 35.5. The van der Waals surface area contributed by atoms with Crippen molar-refractivity contribution in [2.24, 2.45) is 11.3 Å². The molecule has 5 aliphatic rings. The van der Waals surface area contributed by atoms with E-state index < -0.39 is 28.3 Å². The van der Waals surface area contributed by atoms with Crippen LogP contribution in [0.25, 0.3) is 16.7 Å². The zero-order valence-electron chi connectivity index (χ0n) is 21.4. The normalized spacial score (nSPS) is 45.3. The number of hydrogen-bond donors (Lipinski definition) is 2. The number of likely N-dealkylation sites (N-methyl/N-ethyl adjacent to an activating group) is 1. The van der Waals surface area contributed by atoms with Crippen molar-refractivity contribution in [1.82, 2.24) is 9.88 Å². The van der Waals surface area contributed by atoms with E-state index in [4.69, 9.17) is 20.8 Å². The van der Waals surface area contributed by atoms with Crippen molar-refractivity contribution >= 4 is 28.3 Å². The molecule has 1 aromatic carbocycles. The number of alkyl halides is 1. The molecular formula is C29H35ClN2O4. The maximum absolute atomic E-state index is 11.2. The maximum atomic E-state index is 11.2. The van der Waals surface area contributed by atoms with Crippen LogP contribution in [0.2, 0.25) is 0 Å². The summed E-state index contributed by atoms with van der Waals surface area (Å²) in [6, 6.07) is 6.18. The molecule has 1 aromatic heterocycles. The lowest BCUT2D eigenvalue weighted by Crippen LogP contribution is -2.68. The summed E-state index contributed by atoms with van der Waals surface area (Å²) >= 11 is 7.54. The van der Waals surface area contributed by atoms with Gasteiger partial charge in [0, 0.05) is 18.9 Å². The molecule has 3 fully saturated rings. The molecule has 0 radical (unpaired) electrons. The SMILES string of the molecule is Cc1nc2ccc(C3=CCC4C3(C)CCC3(Cl)C=C5C(O)C(O)C(N(C)C)CC56CCC43O6)cc2o1. The zero-order valence-corrected chi connectivity index (χ0v) is 22.2. The van der Waals surface area contributed by atoms with Crippen LogP contribution in [-0.4, -0.2) is 68.5 Å². The third kappa shape index (κ3) is 2.75. The minimum absolute atomic E-state index is 0.0776. The van der Waals surface area contributed by atoms with E-state index in [1.165, 1.54) is 11.1 Å². The van der Waals surface area contributed by atoms with Gasteiger partial charge in [-0.05, 0) is 86.9 Å². The molecule has 6 nitrogen and oxygen atoms in total. The fraction of sp³-hybridized carbons (Fsp3) is 0.621. The third-order valence-corrected chi connectivity index (χ3v) is 11.1. The number of rotatable bonds is 2. The highest BCUT2D eigenvalue weighted by Gasteiger charge is 2.73. The van der Waals surface area contributed by atoms with E-state index in [0.29, 0.717) is 12.3 Å². The summed E-state index contributed by atoms with van der Waals surface area (Å²) in [4.78, 5) is 5.79. The first kappa shape index (κ1) is 23.4. The van der Waals surface area contributed by atoms with Crippen molar-refractivity contribution in [3.05, 3.63) is 47.4 Å². The molecule has 8 unspecified atom stereocenters.